The maximum Gasteiger partial charge on any atom is 0.142 e. The molecule has 4 rings (SSSR count). The van der Waals surface area contributed by atoms with Crippen LogP contribution in [-0.4, -0.2) is 96.9 Å². The summed E-state index contributed by atoms with van der Waals surface area (Å²) in [5, 5.41) is 13.7. The standard InChI is InChI=1S/C32H48N2O7/c1-4-27(35)23-41-31-20-33-19-30(32(31)26-9-6-24(7-10-26)21-38-17-16-37-3)40-22-25-8-11-29-28(18-25)34(13-15-39-29)12-5-14-36-2/h6-11,18,27,30-33,35H,4-5,12-17,19-23H2,1-3H3/t27?,30-,31+,32?/m0/s1. The number of anilines is 1. The third-order valence-electron chi connectivity index (χ3n) is 7.75. The summed E-state index contributed by atoms with van der Waals surface area (Å²) in [4.78, 5) is 2.37. The summed E-state index contributed by atoms with van der Waals surface area (Å²) in [7, 11) is 3.41. The minimum Gasteiger partial charge on any atom is -0.490 e. The Morgan fingerprint density at radius 1 is 0.951 bits per heavy atom. The maximum absolute atomic E-state index is 10.2. The van der Waals surface area contributed by atoms with Crippen LogP contribution in [0.4, 0.5) is 5.69 Å². The summed E-state index contributed by atoms with van der Waals surface area (Å²) >= 11 is 0. The molecular formula is C32H48N2O7. The molecule has 2 aromatic rings. The number of benzene rings is 2. The van der Waals surface area contributed by atoms with Gasteiger partial charge in [0, 0.05) is 46.4 Å². The molecule has 2 aliphatic rings. The fraction of sp³-hybridized carbons (Fsp3) is 0.625. The lowest BCUT2D eigenvalue weighted by Crippen LogP contribution is -2.51. The minimum absolute atomic E-state index is 0.0234. The van der Waals surface area contributed by atoms with Crippen molar-refractivity contribution in [2.24, 2.45) is 0 Å². The predicted octanol–water partition coefficient (Wildman–Crippen LogP) is 3.51. The highest BCUT2D eigenvalue weighted by molar-refractivity contribution is 5.61. The predicted molar refractivity (Wildman–Crippen MR) is 159 cm³/mol. The van der Waals surface area contributed by atoms with E-state index >= 15 is 0 Å². The highest BCUT2D eigenvalue weighted by Gasteiger charge is 2.36. The monoisotopic (exact) mass is 572 g/mol. The van der Waals surface area contributed by atoms with Gasteiger partial charge in [0.2, 0.25) is 0 Å². The molecule has 0 spiro atoms. The molecule has 0 amide bonds. The van der Waals surface area contributed by atoms with Crippen LogP contribution in [0, 0.1) is 0 Å². The van der Waals surface area contributed by atoms with Crippen LogP contribution < -0.4 is 15.0 Å². The molecule has 2 aromatic carbocycles. The average molecular weight is 573 g/mol. The zero-order valence-corrected chi connectivity index (χ0v) is 24.9. The third kappa shape index (κ3) is 9.38. The van der Waals surface area contributed by atoms with Crippen molar-refractivity contribution < 1.29 is 33.5 Å². The number of nitrogens with one attached hydrogen (secondary N) is 1. The van der Waals surface area contributed by atoms with Gasteiger partial charge in [-0.2, -0.15) is 0 Å². The van der Waals surface area contributed by atoms with Gasteiger partial charge >= 0.3 is 0 Å². The maximum atomic E-state index is 10.2. The zero-order valence-electron chi connectivity index (χ0n) is 24.9. The van der Waals surface area contributed by atoms with Crippen molar-refractivity contribution in [3.05, 3.63) is 59.2 Å². The van der Waals surface area contributed by atoms with E-state index in [1.165, 1.54) is 0 Å². The van der Waals surface area contributed by atoms with Crippen molar-refractivity contribution in [3.63, 3.8) is 0 Å². The highest BCUT2D eigenvalue weighted by Crippen LogP contribution is 2.34. The molecular weight excluding hydrogens is 524 g/mol. The van der Waals surface area contributed by atoms with Gasteiger partial charge < -0.3 is 43.7 Å². The lowest BCUT2D eigenvalue weighted by atomic mass is 9.85. The molecule has 2 unspecified atom stereocenters. The number of nitrogens with zero attached hydrogens (tertiary/aromatic N) is 1. The molecule has 0 saturated carbocycles. The minimum atomic E-state index is -0.479. The van der Waals surface area contributed by atoms with Crippen LogP contribution in [0.1, 0.15) is 42.4 Å². The largest absolute Gasteiger partial charge is 0.490 e. The first-order chi connectivity index (χ1) is 20.1. The Morgan fingerprint density at radius 2 is 1.71 bits per heavy atom. The summed E-state index contributed by atoms with van der Waals surface area (Å²) in [6, 6.07) is 14.9. The van der Waals surface area contributed by atoms with Gasteiger partial charge in [-0.05, 0) is 41.7 Å². The number of ether oxygens (including phenoxy) is 6. The van der Waals surface area contributed by atoms with Crippen molar-refractivity contribution in [2.75, 3.05) is 78.3 Å². The van der Waals surface area contributed by atoms with Crippen molar-refractivity contribution in [1.82, 2.24) is 5.32 Å². The first-order valence-corrected chi connectivity index (χ1v) is 14.9. The van der Waals surface area contributed by atoms with Crippen LogP contribution in [0.15, 0.2) is 42.5 Å². The summed E-state index contributed by atoms with van der Waals surface area (Å²) in [6.07, 6.45) is 0.937. The number of methoxy groups -OCH3 is 2. The van der Waals surface area contributed by atoms with Crippen LogP contribution in [0.5, 0.6) is 5.75 Å². The number of aliphatic hydroxyl groups is 1. The molecule has 2 heterocycles. The van der Waals surface area contributed by atoms with Crippen LogP contribution in [-0.2, 0) is 36.9 Å². The van der Waals surface area contributed by atoms with Gasteiger partial charge in [0.05, 0.1) is 63.6 Å². The normalized spacial score (nSPS) is 21.4. The second-order valence-electron chi connectivity index (χ2n) is 10.7. The van der Waals surface area contributed by atoms with Crippen LogP contribution in [0.25, 0.3) is 0 Å². The second-order valence-corrected chi connectivity index (χ2v) is 10.7. The quantitative estimate of drug-likeness (QED) is 0.276. The number of hydrogen-bond donors (Lipinski definition) is 2. The number of hydrogen-bond acceptors (Lipinski definition) is 9. The van der Waals surface area contributed by atoms with E-state index in [2.05, 4.69) is 52.7 Å². The fourth-order valence-corrected chi connectivity index (χ4v) is 5.38. The molecule has 2 aliphatic heterocycles. The Balaban J connectivity index is 1.46. The molecule has 4 atom stereocenters. The number of piperidine rings is 1. The van der Waals surface area contributed by atoms with Crippen LogP contribution >= 0.6 is 0 Å². The molecule has 9 heteroatoms. The van der Waals surface area contributed by atoms with Gasteiger partial charge in [0.25, 0.3) is 0 Å². The SMILES string of the molecule is CCC(O)CO[C@@H]1CNC[C@H](OCc2ccc3c(c2)N(CCCOC)CCO3)C1c1ccc(COCCOC)cc1. The number of aliphatic hydroxyl groups excluding tert-OH is 1. The van der Waals surface area contributed by atoms with Crippen molar-refractivity contribution >= 4 is 5.69 Å². The Hall–Kier alpha value is -2.24. The Morgan fingerprint density at radius 3 is 2.46 bits per heavy atom. The lowest BCUT2D eigenvalue weighted by Gasteiger charge is -2.39. The summed E-state index contributed by atoms with van der Waals surface area (Å²) < 4.78 is 34.8. The molecule has 0 aliphatic carbocycles. The summed E-state index contributed by atoms with van der Waals surface area (Å²) in [6.45, 7) is 9.10. The molecule has 228 valence electrons. The van der Waals surface area contributed by atoms with Gasteiger partial charge in [-0.15, -0.1) is 0 Å². The number of rotatable bonds is 17. The summed E-state index contributed by atoms with van der Waals surface area (Å²) in [5.41, 5.74) is 4.50. The first kappa shape index (κ1) is 31.7. The van der Waals surface area contributed by atoms with Crippen molar-refractivity contribution in [1.29, 1.82) is 0 Å². The van der Waals surface area contributed by atoms with E-state index < -0.39 is 6.10 Å². The van der Waals surface area contributed by atoms with E-state index in [0.29, 0.717) is 52.6 Å². The van der Waals surface area contributed by atoms with E-state index in [4.69, 9.17) is 28.4 Å². The molecule has 1 fully saturated rings. The molecule has 9 nitrogen and oxygen atoms in total. The second kappa shape index (κ2) is 17.0. The number of fused-ring (bicyclic) bond motifs is 1. The van der Waals surface area contributed by atoms with E-state index in [1.54, 1.807) is 14.2 Å². The Kier molecular flexibility index (Phi) is 13.2. The lowest BCUT2D eigenvalue weighted by molar-refractivity contribution is -0.0777. The Bertz CT molecular complexity index is 1020. The van der Waals surface area contributed by atoms with Crippen molar-refractivity contribution in [3.8, 4) is 5.75 Å². The molecule has 0 radical (unpaired) electrons. The van der Waals surface area contributed by atoms with Gasteiger partial charge in [-0.3, -0.25) is 0 Å². The molecule has 0 aromatic heterocycles. The van der Waals surface area contributed by atoms with Gasteiger partial charge in [0.15, 0.2) is 0 Å². The highest BCUT2D eigenvalue weighted by atomic mass is 16.5. The smallest absolute Gasteiger partial charge is 0.142 e. The molecule has 1 saturated heterocycles. The molecule has 0 bridgehead atoms. The molecule has 2 N–H and O–H groups in total. The van der Waals surface area contributed by atoms with E-state index in [9.17, 15) is 5.11 Å². The van der Waals surface area contributed by atoms with Crippen molar-refractivity contribution in [2.45, 2.75) is 57.2 Å². The van der Waals surface area contributed by atoms with Crippen LogP contribution in [0.3, 0.4) is 0 Å². The topological polar surface area (TPSA) is 90.9 Å². The van der Waals surface area contributed by atoms with E-state index in [0.717, 1.165) is 60.8 Å². The average Bonchev–Trinajstić information content (AvgIpc) is 3.01. The first-order valence-electron chi connectivity index (χ1n) is 14.9. The molecule has 41 heavy (non-hydrogen) atoms. The van der Waals surface area contributed by atoms with E-state index in [-0.39, 0.29) is 18.1 Å². The van der Waals surface area contributed by atoms with Crippen LogP contribution in [0.2, 0.25) is 0 Å². The van der Waals surface area contributed by atoms with Gasteiger partial charge in [-0.1, -0.05) is 37.3 Å². The van der Waals surface area contributed by atoms with Gasteiger partial charge in [0.1, 0.15) is 12.4 Å². The fourth-order valence-electron chi connectivity index (χ4n) is 5.38. The summed E-state index contributed by atoms with van der Waals surface area (Å²) in [5.74, 6) is 0.944. The van der Waals surface area contributed by atoms with Gasteiger partial charge in [-0.25, -0.2) is 0 Å². The Labute approximate surface area is 245 Å². The van der Waals surface area contributed by atoms with E-state index in [1.807, 2.05) is 6.92 Å². The zero-order chi connectivity index (χ0) is 28.9. The third-order valence-corrected chi connectivity index (χ3v) is 7.75.